The van der Waals surface area contributed by atoms with Gasteiger partial charge in [0, 0.05) is 27.5 Å². The minimum Gasteiger partial charge on any atom is -0.870 e. The zero-order valence-corrected chi connectivity index (χ0v) is 4.55. The van der Waals surface area contributed by atoms with E-state index in [1.54, 1.807) is 0 Å². The van der Waals surface area contributed by atoms with E-state index in [0.29, 0.717) is 0 Å². The summed E-state index contributed by atoms with van der Waals surface area (Å²) in [5.74, 6) is 0. The predicted molar refractivity (Wildman–Crippen MR) is 12.4 cm³/mol. The van der Waals surface area contributed by atoms with Gasteiger partial charge in [-0.3, -0.25) is 8.42 Å². The Bertz CT molecular complexity index is 91.2. The molecule has 1 N–H and O–H groups in total. The maximum atomic E-state index is 8.52. The quantitative estimate of drug-likeness (QED) is 0.253. The van der Waals surface area contributed by atoms with Crippen molar-refractivity contribution in [3.05, 3.63) is 0 Å². The van der Waals surface area contributed by atoms with Crippen LogP contribution in [-0.2, 0) is 27.5 Å². The monoisotopic (exact) mass is 176 g/mol. The molecule has 0 aromatic heterocycles. The Morgan fingerprint density at radius 2 is 1.14 bits per heavy atom. The van der Waals surface area contributed by atoms with Gasteiger partial charge in [0.1, 0.15) is 0 Å². The Hall–Kier alpha value is 0.349. The van der Waals surface area contributed by atoms with Crippen LogP contribution in [0, 0.1) is 0 Å². The average Bonchev–Trinajstić information content (AvgIpc) is 0.722. The molecule has 0 aromatic carbocycles. The zero-order chi connectivity index (χ0) is 4.50. The Morgan fingerprint density at radius 1 is 1.14 bits per heavy atom. The van der Waals surface area contributed by atoms with Crippen LogP contribution in [0.25, 0.3) is 0 Å². The smallest absolute Gasteiger partial charge is 0.0311 e. The largest absolute Gasteiger partial charge is 0.870 e. The van der Waals surface area contributed by atoms with Crippen LogP contribution >= 0.6 is 0 Å². The summed E-state index contributed by atoms with van der Waals surface area (Å²) < 4.78 is 34.1. The molecule has 0 aliphatic rings. The molecule has 0 saturated heterocycles. The van der Waals surface area contributed by atoms with E-state index in [-0.39, 0.29) is 22.5 Å². The maximum absolute atomic E-state index is 8.52. The third-order valence-corrected chi connectivity index (χ3v) is 0. The van der Waals surface area contributed by atoms with E-state index < -0.39 is 10.4 Å². The van der Waals surface area contributed by atoms with E-state index in [0.717, 1.165) is 0 Å². The minimum absolute atomic E-state index is 0. The molecule has 0 bridgehead atoms. The van der Waals surface area contributed by atoms with Crippen molar-refractivity contribution in [3.63, 3.8) is 0 Å². The molecule has 7 heteroatoms. The van der Waals surface area contributed by atoms with E-state index in [2.05, 4.69) is 0 Å². The van der Waals surface area contributed by atoms with Gasteiger partial charge in [-0.25, -0.2) is 0 Å². The minimum atomic E-state index is -5.17. The first kappa shape index (κ1) is 15.7. The van der Waals surface area contributed by atoms with Crippen molar-refractivity contribution >= 4 is 10.4 Å². The normalized spacial score (nSPS) is 8.29. The van der Waals surface area contributed by atoms with Gasteiger partial charge in [0.05, 0.1) is 0 Å². The van der Waals surface area contributed by atoms with E-state index in [9.17, 15) is 0 Å². The number of rotatable bonds is 0. The van der Waals surface area contributed by atoms with E-state index >= 15 is 0 Å². The van der Waals surface area contributed by atoms with Crippen LogP contribution in [0.3, 0.4) is 0 Å². The molecule has 0 fully saturated rings. The molecule has 0 heterocycles. The summed E-state index contributed by atoms with van der Waals surface area (Å²) in [6, 6.07) is 0. The molecule has 0 atom stereocenters. The Balaban J connectivity index is -0.0000000800. The molecular formula is HCuO5S-3. The van der Waals surface area contributed by atoms with Gasteiger partial charge >= 0.3 is 0 Å². The topological polar surface area (TPSA) is 110 Å². The van der Waals surface area contributed by atoms with Crippen molar-refractivity contribution in [3.8, 4) is 0 Å². The molecule has 0 spiro atoms. The fourth-order valence-corrected chi connectivity index (χ4v) is 0. The number of hydrogen-bond acceptors (Lipinski definition) is 5. The second kappa shape index (κ2) is 4.51. The van der Waals surface area contributed by atoms with Gasteiger partial charge in [-0.2, -0.15) is 0 Å². The molecule has 7 heavy (non-hydrogen) atoms. The molecule has 0 amide bonds. The summed E-state index contributed by atoms with van der Waals surface area (Å²) >= 11 is 0. The SMILES string of the molecule is O=S(=O)([O-])[O-].[Cu].[OH-]. The molecule has 51 valence electrons. The van der Waals surface area contributed by atoms with Gasteiger partial charge in [-0.15, -0.1) is 0 Å². The van der Waals surface area contributed by atoms with Crippen LogP contribution in [0.2, 0.25) is 0 Å². The van der Waals surface area contributed by atoms with Crippen LogP contribution in [-0.4, -0.2) is 23.0 Å². The molecule has 0 aromatic rings. The summed E-state index contributed by atoms with van der Waals surface area (Å²) in [6.45, 7) is 0. The van der Waals surface area contributed by atoms with Crippen molar-refractivity contribution in [2.24, 2.45) is 0 Å². The van der Waals surface area contributed by atoms with Crippen molar-refractivity contribution < 1.29 is 40.1 Å². The van der Waals surface area contributed by atoms with Gasteiger partial charge in [-0.05, 0) is 0 Å². The van der Waals surface area contributed by atoms with E-state index in [4.69, 9.17) is 17.5 Å². The Morgan fingerprint density at radius 3 is 1.14 bits per heavy atom. The summed E-state index contributed by atoms with van der Waals surface area (Å²) in [5, 5.41) is 0. The molecule has 5 nitrogen and oxygen atoms in total. The van der Waals surface area contributed by atoms with Crippen LogP contribution in [0.4, 0.5) is 0 Å². The van der Waals surface area contributed by atoms with Crippen LogP contribution < -0.4 is 0 Å². The fourth-order valence-electron chi connectivity index (χ4n) is 0. The van der Waals surface area contributed by atoms with Gasteiger partial charge in [0.25, 0.3) is 0 Å². The second-order valence-corrected chi connectivity index (χ2v) is 1.22. The van der Waals surface area contributed by atoms with Gasteiger partial charge < -0.3 is 14.6 Å². The van der Waals surface area contributed by atoms with Crippen LogP contribution in [0.1, 0.15) is 0 Å². The molecular weight excluding hydrogens is 176 g/mol. The van der Waals surface area contributed by atoms with E-state index in [1.807, 2.05) is 0 Å². The van der Waals surface area contributed by atoms with Crippen molar-refractivity contribution in [2.75, 3.05) is 0 Å². The first-order chi connectivity index (χ1) is 2.00. The van der Waals surface area contributed by atoms with Gasteiger partial charge in [0.2, 0.25) is 0 Å². The van der Waals surface area contributed by atoms with Gasteiger partial charge in [-0.1, -0.05) is 0 Å². The maximum Gasteiger partial charge on any atom is 0.0311 e. The van der Waals surface area contributed by atoms with Crippen LogP contribution in [0.5, 0.6) is 0 Å². The third-order valence-electron chi connectivity index (χ3n) is 0. The summed E-state index contributed by atoms with van der Waals surface area (Å²) in [6.07, 6.45) is 0. The number of hydrogen-bond donors (Lipinski definition) is 0. The first-order valence-electron chi connectivity index (χ1n) is 0.667. The molecule has 0 aliphatic carbocycles. The zero-order valence-electron chi connectivity index (χ0n) is 2.79. The van der Waals surface area contributed by atoms with Crippen molar-refractivity contribution in [2.45, 2.75) is 0 Å². The Labute approximate surface area is 51.1 Å². The summed E-state index contributed by atoms with van der Waals surface area (Å²) in [5.41, 5.74) is 0. The summed E-state index contributed by atoms with van der Waals surface area (Å²) in [7, 11) is -5.17. The molecule has 0 rings (SSSR count). The van der Waals surface area contributed by atoms with Crippen molar-refractivity contribution in [1.82, 2.24) is 0 Å². The Kier molecular flexibility index (Phi) is 10.1. The fraction of sp³-hybridized carbons (Fsp3) is 0. The molecule has 0 saturated carbocycles. The van der Waals surface area contributed by atoms with Crippen molar-refractivity contribution in [1.29, 1.82) is 0 Å². The molecule has 1 radical (unpaired) electrons. The molecule has 0 unspecified atom stereocenters. The molecule has 0 aliphatic heterocycles. The first-order valence-corrected chi connectivity index (χ1v) is 2.00. The van der Waals surface area contributed by atoms with Gasteiger partial charge in [0.15, 0.2) is 0 Å². The summed E-state index contributed by atoms with van der Waals surface area (Å²) in [4.78, 5) is 0. The second-order valence-electron chi connectivity index (χ2n) is 0.408. The average molecular weight is 177 g/mol. The van der Waals surface area contributed by atoms with Crippen LogP contribution in [0.15, 0.2) is 0 Å². The standard InChI is InChI=1S/Cu.H2O4S.H2O/c;1-5(2,3)4;/h;(H2,1,2,3,4);1H2/p-3. The third kappa shape index (κ3) is 983. The van der Waals surface area contributed by atoms with E-state index in [1.165, 1.54) is 0 Å². The predicted octanol–water partition coefficient (Wildman–Crippen LogP) is -1.52.